The van der Waals surface area contributed by atoms with Gasteiger partial charge in [-0.25, -0.2) is 4.98 Å². The topological polar surface area (TPSA) is 16.1 Å². The maximum Gasteiger partial charge on any atom is 0.128 e. The molecule has 0 aliphatic carbocycles. The van der Waals surface area contributed by atoms with Gasteiger partial charge < -0.3 is 4.90 Å². The van der Waals surface area contributed by atoms with Crippen molar-refractivity contribution in [3.63, 3.8) is 0 Å². The Morgan fingerprint density at radius 1 is 0.867 bits per heavy atom. The lowest BCUT2D eigenvalue weighted by molar-refractivity contribution is 1.07. The monoisotopic (exact) mass is 198 g/mol. The van der Waals surface area contributed by atoms with E-state index >= 15 is 0 Å². The molecule has 2 rings (SSSR count). The molecule has 0 unspecified atom stereocenters. The second-order valence-corrected chi connectivity index (χ2v) is 3.64. The molecule has 0 amide bonds. The average Bonchev–Trinajstić information content (AvgIpc) is 2.30. The van der Waals surface area contributed by atoms with Gasteiger partial charge in [0.2, 0.25) is 0 Å². The van der Waals surface area contributed by atoms with Crippen LogP contribution in [0.2, 0.25) is 0 Å². The standard InChI is InChI=1S/C13H14N2/c1-15(2)13-10-6-9-12(14-13)11-7-4-3-5-8-11/h3-10H,1-2H3. The van der Waals surface area contributed by atoms with E-state index in [1.54, 1.807) is 0 Å². The van der Waals surface area contributed by atoms with E-state index in [4.69, 9.17) is 0 Å². The molecule has 0 aliphatic rings. The number of hydrogen-bond acceptors (Lipinski definition) is 2. The van der Waals surface area contributed by atoms with Crippen LogP contribution in [0.1, 0.15) is 0 Å². The normalized spacial score (nSPS) is 10.0. The van der Waals surface area contributed by atoms with Crippen LogP contribution in [0.15, 0.2) is 48.5 Å². The molecule has 1 aromatic heterocycles. The zero-order valence-electron chi connectivity index (χ0n) is 9.01. The highest BCUT2D eigenvalue weighted by molar-refractivity contribution is 5.61. The third-order valence-electron chi connectivity index (χ3n) is 2.26. The second-order valence-electron chi connectivity index (χ2n) is 3.64. The smallest absolute Gasteiger partial charge is 0.128 e. The number of anilines is 1. The fourth-order valence-electron chi connectivity index (χ4n) is 1.44. The molecule has 15 heavy (non-hydrogen) atoms. The summed E-state index contributed by atoms with van der Waals surface area (Å²) < 4.78 is 0. The van der Waals surface area contributed by atoms with Gasteiger partial charge in [-0.05, 0) is 12.1 Å². The molecule has 76 valence electrons. The fraction of sp³-hybridized carbons (Fsp3) is 0.154. The van der Waals surface area contributed by atoms with Gasteiger partial charge in [-0.2, -0.15) is 0 Å². The van der Waals surface area contributed by atoms with Crippen LogP contribution in [-0.2, 0) is 0 Å². The quantitative estimate of drug-likeness (QED) is 0.737. The van der Waals surface area contributed by atoms with Gasteiger partial charge >= 0.3 is 0 Å². The van der Waals surface area contributed by atoms with Crippen LogP contribution in [0.5, 0.6) is 0 Å². The van der Waals surface area contributed by atoms with Gasteiger partial charge in [-0.15, -0.1) is 0 Å². The minimum absolute atomic E-state index is 0.983. The molecule has 1 aromatic carbocycles. The van der Waals surface area contributed by atoms with Gasteiger partial charge in [-0.1, -0.05) is 36.4 Å². The average molecular weight is 198 g/mol. The molecular weight excluding hydrogens is 184 g/mol. The molecule has 0 fully saturated rings. The van der Waals surface area contributed by atoms with Crippen LogP contribution in [0, 0.1) is 0 Å². The van der Waals surface area contributed by atoms with Crippen molar-refractivity contribution < 1.29 is 0 Å². The van der Waals surface area contributed by atoms with E-state index in [2.05, 4.69) is 17.1 Å². The highest BCUT2D eigenvalue weighted by Crippen LogP contribution is 2.18. The first-order chi connectivity index (χ1) is 7.27. The van der Waals surface area contributed by atoms with Gasteiger partial charge in [0.15, 0.2) is 0 Å². The molecule has 0 saturated carbocycles. The number of rotatable bonds is 2. The summed E-state index contributed by atoms with van der Waals surface area (Å²) in [6.45, 7) is 0. The van der Waals surface area contributed by atoms with E-state index in [-0.39, 0.29) is 0 Å². The predicted octanol–water partition coefficient (Wildman–Crippen LogP) is 2.81. The Morgan fingerprint density at radius 3 is 2.27 bits per heavy atom. The van der Waals surface area contributed by atoms with Crippen molar-refractivity contribution in [2.24, 2.45) is 0 Å². The molecule has 0 N–H and O–H groups in total. The van der Waals surface area contributed by atoms with Crippen molar-refractivity contribution in [1.29, 1.82) is 0 Å². The van der Waals surface area contributed by atoms with Crippen molar-refractivity contribution in [2.75, 3.05) is 19.0 Å². The minimum Gasteiger partial charge on any atom is -0.363 e. The second kappa shape index (κ2) is 4.13. The molecule has 0 radical (unpaired) electrons. The van der Waals surface area contributed by atoms with Gasteiger partial charge in [0.25, 0.3) is 0 Å². The third-order valence-corrected chi connectivity index (χ3v) is 2.26. The van der Waals surface area contributed by atoms with Gasteiger partial charge in [-0.3, -0.25) is 0 Å². The number of pyridine rings is 1. The summed E-state index contributed by atoms with van der Waals surface area (Å²) in [5.74, 6) is 0.983. The van der Waals surface area contributed by atoms with Crippen LogP contribution in [0.25, 0.3) is 11.3 Å². The summed E-state index contributed by atoms with van der Waals surface area (Å²) in [7, 11) is 3.99. The first-order valence-electron chi connectivity index (χ1n) is 4.97. The van der Waals surface area contributed by atoms with E-state index in [9.17, 15) is 0 Å². The molecule has 1 heterocycles. The zero-order valence-corrected chi connectivity index (χ0v) is 9.01. The van der Waals surface area contributed by atoms with Gasteiger partial charge in [0, 0.05) is 19.7 Å². The minimum atomic E-state index is 0.983. The summed E-state index contributed by atoms with van der Waals surface area (Å²) in [5.41, 5.74) is 2.17. The summed E-state index contributed by atoms with van der Waals surface area (Å²) in [6.07, 6.45) is 0. The lowest BCUT2D eigenvalue weighted by atomic mass is 10.1. The van der Waals surface area contributed by atoms with Crippen molar-refractivity contribution in [2.45, 2.75) is 0 Å². The number of benzene rings is 1. The molecular formula is C13H14N2. The summed E-state index contributed by atoms with van der Waals surface area (Å²) >= 11 is 0. The summed E-state index contributed by atoms with van der Waals surface area (Å²) in [6, 6.07) is 16.3. The van der Waals surface area contributed by atoms with Crippen molar-refractivity contribution in [1.82, 2.24) is 4.98 Å². The first kappa shape index (κ1) is 9.71. The highest BCUT2D eigenvalue weighted by Gasteiger charge is 2.00. The molecule has 0 saturated heterocycles. The van der Waals surface area contributed by atoms with Crippen LogP contribution in [-0.4, -0.2) is 19.1 Å². The number of nitrogens with zero attached hydrogens (tertiary/aromatic N) is 2. The van der Waals surface area contributed by atoms with Crippen LogP contribution >= 0.6 is 0 Å². The van der Waals surface area contributed by atoms with E-state index in [1.807, 2.05) is 55.4 Å². The van der Waals surface area contributed by atoms with Crippen LogP contribution in [0.3, 0.4) is 0 Å². The van der Waals surface area contributed by atoms with E-state index in [0.29, 0.717) is 0 Å². The van der Waals surface area contributed by atoms with Crippen molar-refractivity contribution >= 4 is 5.82 Å². The molecule has 2 heteroatoms. The van der Waals surface area contributed by atoms with E-state index in [0.717, 1.165) is 17.1 Å². The molecule has 0 atom stereocenters. The maximum atomic E-state index is 4.57. The SMILES string of the molecule is CN(C)c1cccc(-c2ccccc2)n1. The first-order valence-corrected chi connectivity index (χ1v) is 4.97. The Balaban J connectivity index is 2.42. The number of aromatic nitrogens is 1. The molecule has 2 nitrogen and oxygen atoms in total. The lowest BCUT2D eigenvalue weighted by Crippen LogP contribution is -2.10. The largest absolute Gasteiger partial charge is 0.363 e. The highest BCUT2D eigenvalue weighted by atomic mass is 15.1. The van der Waals surface area contributed by atoms with Crippen LogP contribution in [0.4, 0.5) is 5.82 Å². The number of hydrogen-bond donors (Lipinski definition) is 0. The van der Waals surface area contributed by atoms with E-state index < -0.39 is 0 Å². The summed E-state index contributed by atoms with van der Waals surface area (Å²) in [4.78, 5) is 6.57. The Labute approximate surface area is 90.2 Å². The Kier molecular flexibility index (Phi) is 2.68. The molecule has 0 spiro atoms. The molecule has 0 bridgehead atoms. The Bertz CT molecular complexity index is 435. The lowest BCUT2D eigenvalue weighted by Gasteiger charge is -2.12. The Morgan fingerprint density at radius 2 is 1.60 bits per heavy atom. The van der Waals surface area contributed by atoms with Gasteiger partial charge in [0.1, 0.15) is 5.82 Å². The van der Waals surface area contributed by atoms with Crippen molar-refractivity contribution in [3.8, 4) is 11.3 Å². The maximum absolute atomic E-state index is 4.57. The molecule has 2 aromatic rings. The van der Waals surface area contributed by atoms with Crippen LogP contribution < -0.4 is 4.90 Å². The molecule has 0 aliphatic heterocycles. The predicted molar refractivity (Wildman–Crippen MR) is 64.0 cm³/mol. The van der Waals surface area contributed by atoms with Crippen molar-refractivity contribution in [3.05, 3.63) is 48.5 Å². The van der Waals surface area contributed by atoms with Gasteiger partial charge in [0.05, 0.1) is 5.69 Å². The summed E-state index contributed by atoms with van der Waals surface area (Å²) in [5, 5.41) is 0. The van der Waals surface area contributed by atoms with E-state index in [1.165, 1.54) is 0 Å². The fourth-order valence-corrected chi connectivity index (χ4v) is 1.44. The third kappa shape index (κ3) is 2.15. The zero-order chi connectivity index (χ0) is 10.7. The Hall–Kier alpha value is -1.83.